The van der Waals surface area contributed by atoms with Crippen LogP contribution < -0.4 is 5.32 Å². The molecule has 16 heavy (non-hydrogen) atoms. The molecule has 0 aromatic heterocycles. The molecule has 0 fully saturated rings. The fraction of sp³-hybridized carbons (Fsp3) is 0.308. The lowest BCUT2D eigenvalue weighted by Gasteiger charge is -2.21. The van der Waals surface area contributed by atoms with Gasteiger partial charge < -0.3 is 5.32 Å². The normalized spacial score (nSPS) is 19.1. The Balaban J connectivity index is 2.18. The van der Waals surface area contributed by atoms with Crippen LogP contribution in [0.15, 0.2) is 30.4 Å². The first-order valence-corrected chi connectivity index (χ1v) is 5.79. The summed E-state index contributed by atoms with van der Waals surface area (Å²) in [5, 5.41) is 12.9. The summed E-state index contributed by atoms with van der Waals surface area (Å²) >= 11 is 5.97. The largest absolute Gasteiger partial charge is 0.381 e. The lowest BCUT2D eigenvalue weighted by atomic mass is 10.0. The number of allylic oxidation sites excluding steroid dienone is 1. The van der Waals surface area contributed by atoms with Crippen LogP contribution in [0.1, 0.15) is 24.8 Å². The molecular weight excluding hydrogens is 220 g/mol. The van der Waals surface area contributed by atoms with E-state index in [0.29, 0.717) is 16.6 Å². The molecule has 0 amide bonds. The van der Waals surface area contributed by atoms with E-state index >= 15 is 0 Å². The number of anilines is 1. The summed E-state index contributed by atoms with van der Waals surface area (Å²) in [6.07, 6.45) is 7.59. The van der Waals surface area contributed by atoms with Gasteiger partial charge in [-0.25, -0.2) is 0 Å². The number of benzene rings is 1. The van der Waals surface area contributed by atoms with Crippen molar-refractivity contribution in [1.29, 1.82) is 5.26 Å². The summed E-state index contributed by atoms with van der Waals surface area (Å²) in [4.78, 5) is 0. The van der Waals surface area contributed by atoms with Crippen molar-refractivity contribution in [3.63, 3.8) is 0 Å². The molecular formula is C13H13ClN2. The van der Waals surface area contributed by atoms with E-state index in [1.54, 1.807) is 6.07 Å². The van der Waals surface area contributed by atoms with Crippen LogP contribution in [0.2, 0.25) is 5.02 Å². The van der Waals surface area contributed by atoms with E-state index in [1.807, 2.05) is 12.1 Å². The van der Waals surface area contributed by atoms with E-state index < -0.39 is 0 Å². The van der Waals surface area contributed by atoms with Gasteiger partial charge in [0.15, 0.2) is 0 Å². The van der Waals surface area contributed by atoms with Gasteiger partial charge in [0.25, 0.3) is 0 Å². The Bertz CT molecular complexity index is 446. The summed E-state index contributed by atoms with van der Waals surface area (Å²) in [6, 6.07) is 8.07. The van der Waals surface area contributed by atoms with Crippen LogP contribution in [0.5, 0.6) is 0 Å². The minimum atomic E-state index is 0.413. The maximum absolute atomic E-state index is 9.04. The molecule has 0 spiro atoms. The summed E-state index contributed by atoms with van der Waals surface area (Å²) in [5.74, 6) is 0. The van der Waals surface area contributed by atoms with Gasteiger partial charge >= 0.3 is 0 Å². The highest BCUT2D eigenvalue weighted by Crippen LogP contribution is 2.25. The second kappa shape index (κ2) is 5.05. The molecule has 0 bridgehead atoms. The van der Waals surface area contributed by atoms with E-state index in [4.69, 9.17) is 16.9 Å². The predicted molar refractivity (Wildman–Crippen MR) is 66.6 cm³/mol. The third kappa shape index (κ3) is 2.37. The zero-order valence-electron chi connectivity index (χ0n) is 8.91. The minimum Gasteiger partial charge on any atom is -0.381 e. The van der Waals surface area contributed by atoms with E-state index in [9.17, 15) is 0 Å². The highest BCUT2D eigenvalue weighted by Gasteiger charge is 2.12. The first-order chi connectivity index (χ1) is 7.81. The van der Waals surface area contributed by atoms with Crippen molar-refractivity contribution in [2.24, 2.45) is 0 Å². The highest BCUT2D eigenvalue weighted by atomic mass is 35.5. The standard InChI is InChI=1S/C13H13ClN2/c14-12-7-4-8-13(11(12)9-15)16-10-5-2-1-3-6-10/h1-2,4,7-8,10,16H,3,5-6H2. The van der Waals surface area contributed by atoms with Crippen LogP contribution in [-0.4, -0.2) is 6.04 Å². The van der Waals surface area contributed by atoms with Crippen LogP contribution in [-0.2, 0) is 0 Å². The van der Waals surface area contributed by atoms with Crippen LogP contribution in [0.25, 0.3) is 0 Å². The molecule has 0 saturated heterocycles. The van der Waals surface area contributed by atoms with Crippen LogP contribution >= 0.6 is 11.6 Å². The predicted octanol–water partition coefficient (Wildman–Crippen LogP) is 3.73. The third-order valence-electron chi connectivity index (χ3n) is 2.75. The molecule has 1 aromatic carbocycles. The molecule has 1 N–H and O–H groups in total. The van der Waals surface area contributed by atoms with Crippen LogP contribution in [0.4, 0.5) is 5.69 Å². The zero-order chi connectivity index (χ0) is 11.4. The summed E-state index contributed by atoms with van der Waals surface area (Å²) in [7, 11) is 0. The van der Waals surface area contributed by atoms with Crippen LogP contribution in [0, 0.1) is 11.3 Å². The highest BCUT2D eigenvalue weighted by molar-refractivity contribution is 6.32. The molecule has 1 unspecified atom stereocenters. The Kier molecular flexibility index (Phi) is 3.48. The van der Waals surface area contributed by atoms with Crippen molar-refractivity contribution in [3.8, 4) is 6.07 Å². The Morgan fingerprint density at radius 3 is 2.94 bits per heavy atom. The van der Waals surface area contributed by atoms with Gasteiger partial charge in [0.2, 0.25) is 0 Å². The van der Waals surface area contributed by atoms with Crippen molar-refractivity contribution in [3.05, 3.63) is 40.9 Å². The molecule has 0 saturated carbocycles. The molecule has 0 aliphatic heterocycles. The van der Waals surface area contributed by atoms with Gasteiger partial charge in [0.05, 0.1) is 16.3 Å². The number of nitrogens with zero attached hydrogens (tertiary/aromatic N) is 1. The number of hydrogen-bond acceptors (Lipinski definition) is 2. The average molecular weight is 233 g/mol. The Labute approximate surface area is 101 Å². The van der Waals surface area contributed by atoms with Crippen molar-refractivity contribution < 1.29 is 0 Å². The summed E-state index contributed by atoms with van der Waals surface area (Å²) < 4.78 is 0. The second-order valence-corrected chi connectivity index (χ2v) is 4.31. The van der Waals surface area contributed by atoms with Gasteiger partial charge in [-0.2, -0.15) is 5.26 Å². The van der Waals surface area contributed by atoms with E-state index in [1.165, 1.54) is 0 Å². The quantitative estimate of drug-likeness (QED) is 0.789. The Morgan fingerprint density at radius 2 is 2.25 bits per heavy atom. The van der Waals surface area contributed by atoms with Gasteiger partial charge in [0.1, 0.15) is 6.07 Å². The van der Waals surface area contributed by atoms with Crippen molar-refractivity contribution in [2.75, 3.05) is 5.32 Å². The Hall–Kier alpha value is -1.46. The van der Waals surface area contributed by atoms with Gasteiger partial charge in [-0.1, -0.05) is 29.8 Å². The maximum Gasteiger partial charge on any atom is 0.103 e. The van der Waals surface area contributed by atoms with Gasteiger partial charge in [-0.3, -0.25) is 0 Å². The molecule has 0 heterocycles. The lowest BCUT2D eigenvalue weighted by molar-refractivity contribution is 0.644. The smallest absolute Gasteiger partial charge is 0.103 e. The molecule has 1 aromatic rings. The van der Waals surface area contributed by atoms with Crippen LogP contribution in [0.3, 0.4) is 0 Å². The fourth-order valence-corrected chi connectivity index (χ4v) is 2.12. The van der Waals surface area contributed by atoms with E-state index in [2.05, 4.69) is 23.5 Å². The molecule has 1 aliphatic carbocycles. The van der Waals surface area contributed by atoms with Crippen molar-refractivity contribution >= 4 is 17.3 Å². The Morgan fingerprint density at radius 1 is 1.38 bits per heavy atom. The number of rotatable bonds is 2. The average Bonchev–Trinajstić information content (AvgIpc) is 2.31. The van der Waals surface area contributed by atoms with Crippen molar-refractivity contribution in [1.82, 2.24) is 0 Å². The topological polar surface area (TPSA) is 35.8 Å². The monoisotopic (exact) mass is 232 g/mol. The summed E-state index contributed by atoms with van der Waals surface area (Å²) in [6.45, 7) is 0. The summed E-state index contributed by atoms with van der Waals surface area (Å²) in [5.41, 5.74) is 1.38. The molecule has 1 aliphatic rings. The fourth-order valence-electron chi connectivity index (χ4n) is 1.90. The van der Waals surface area contributed by atoms with Crippen molar-refractivity contribution in [2.45, 2.75) is 25.3 Å². The first-order valence-electron chi connectivity index (χ1n) is 5.41. The minimum absolute atomic E-state index is 0.413. The zero-order valence-corrected chi connectivity index (χ0v) is 9.67. The number of hydrogen-bond donors (Lipinski definition) is 1. The van der Waals surface area contributed by atoms with Gasteiger partial charge in [-0.15, -0.1) is 0 Å². The number of halogens is 1. The molecule has 1 atom stereocenters. The number of nitrogens with one attached hydrogen (secondary N) is 1. The van der Waals surface area contributed by atoms with E-state index in [-0.39, 0.29) is 0 Å². The number of nitriles is 1. The second-order valence-electron chi connectivity index (χ2n) is 3.90. The lowest BCUT2D eigenvalue weighted by Crippen LogP contribution is -2.20. The molecule has 3 heteroatoms. The third-order valence-corrected chi connectivity index (χ3v) is 3.07. The molecule has 0 radical (unpaired) electrons. The molecule has 2 nitrogen and oxygen atoms in total. The molecule has 2 rings (SSSR count). The van der Waals surface area contributed by atoms with Gasteiger partial charge in [-0.05, 0) is 31.4 Å². The molecule has 82 valence electrons. The van der Waals surface area contributed by atoms with E-state index in [0.717, 1.165) is 24.9 Å². The SMILES string of the molecule is N#Cc1c(Cl)cccc1NC1CC=CCC1. The first kappa shape index (κ1) is 11.0. The maximum atomic E-state index is 9.04. The van der Waals surface area contributed by atoms with Gasteiger partial charge in [0, 0.05) is 6.04 Å².